The molecule has 0 unspecified atom stereocenters. The van der Waals surface area contributed by atoms with Gasteiger partial charge in [0.1, 0.15) is 5.78 Å². The Labute approximate surface area is 103 Å². The molecule has 0 bridgehead atoms. The van der Waals surface area contributed by atoms with Crippen molar-refractivity contribution in [3.8, 4) is 0 Å². The molecule has 1 aromatic rings. The van der Waals surface area contributed by atoms with E-state index in [1.54, 1.807) is 0 Å². The summed E-state index contributed by atoms with van der Waals surface area (Å²) < 4.78 is 0. The van der Waals surface area contributed by atoms with Crippen LogP contribution >= 0.6 is 0 Å². The Balaban J connectivity index is 1.62. The van der Waals surface area contributed by atoms with Crippen molar-refractivity contribution in [2.75, 3.05) is 0 Å². The number of ketones is 1. The van der Waals surface area contributed by atoms with Gasteiger partial charge in [-0.05, 0) is 29.9 Å². The summed E-state index contributed by atoms with van der Waals surface area (Å²) in [5.74, 6) is 1.51. The van der Waals surface area contributed by atoms with Crippen molar-refractivity contribution in [3.63, 3.8) is 0 Å². The lowest BCUT2D eigenvalue weighted by atomic mass is 9.91. The summed E-state index contributed by atoms with van der Waals surface area (Å²) in [6, 6.07) is 8.53. The fourth-order valence-corrected chi connectivity index (χ4v) is 3.45. The summed E-state index contributed by atoms with van der Waals surface area (Å²) in [6.45, 7) is 0. The van der Waals surface area contributed by atoms with Gasteiger partial charge < -0.3 is 0 Å². The zero-order chi connectivity index (χ0) is 11.7. The van der Waals surface area contributed by atoms with Crippen LogP contribution in [0.25, 0.3) is 0 Å². The van der Waals surface area contributed by atoms with Crippen LogP contribution in [-0.2, 0) is 17.6 Å². The molecular formula is C16H20O. The minimum atomic E-state index is 0.285. The molecule has 0 spiro atoms. The molecule has 0 aliphatic heterocycles. The highest BCUT2D eigenvalue weighted by molar-refractivity contribution is 5.82. The summed E-state index contributed by atoms with van der Waals surface area (Å²) in [7, 11) is 0. The number of benzene rings is 1. The summed E-state index contributed by atoms with van der Waals surface area (Å²) in [4.78, 5) is 12.3. The van der Waals surface area contributed by atoms with Crippen LogP contribution in [0.15, 0.2) is 24.3 Å². The molecule has 3 rings (SSSR count). The summed E-state index contributed by atoms with van der Waals surface area (Å²) in [5.41, 5.74) is 2.80. The predicted octanol–water partition coefficient (Wildman–Crippen LogP) is 3.55. The second-order valence-corrected chi connectivity index (χ2v) is 5.69. The van der Waals surface area contributed by atoms with Crippen molar-refractivity contribution < 1.29 is 4.79 Å². The van der Waals surface area contributed by atoms with Crippen LogP contribution in [0.5, 0.6) is 0 Å². The first-order chi connectivity index (χ1) is 8.33. The largest absolute Gasteiger partial charge is 0.299 e. The maximum atomic E-state index is 12.3. The van der Waals surface area contributed by atoms with E-state index in [0.717, 1.165) is 19.3 Å². The fraction of sp³-hybridized carbons (Fsp3) is 0.562. The molecule has 2 aliphatic carbocycles. The number of carbonyl (C=O) groups excluding carboxylic acids is 1. The Kier molecular flexibility index (Phi) is 3.00. The molecule has 90 valence electrons. The average molecular weight is 228 g/mol. The van der Waals surface area contributed by atoms with Gasteiger partial charge in [-0.25, -0.2) is 0 Å². The van der Waals surface area contributed by atoms with Crippen molar-refractivity contribution in [3.05, 3.63) is 35.4 Å². The highest BCUT2D eigenvalue weighted by Crippen LogP contribution is 2.32. The lowest BCUT2D eigenvalue weighted by Gasteiger charge is -2.12. The number of Topliss-reactive ketones (excluding diaryl/α,β-unsaturated/α-hetero) is 1. The molecule has 0 atom stereocenters. The number of hydrogen-bond acceptors (Lipinski definition) is 1. The average Bonchev–Trinajstić information content (AvgIpc) is 2.96. The Morgan fingerprint density at radius 2 is 1.65 bits per heavy atom. The van der Waals surface area contributed by atoms with Gasteiger partial charge in [0.2, 0.25) is 0 Å². The van der Waals surface area contributed by atoms with Gasteiger partial charge in [-0.2, -0.15) is 0 Å². The van der Waals surface area contributed by atoms with Crippen LogP contribution in [0.3, 0.4) is 0 Å². The van der Waals surface area contributed by atoms with Crippen LogP contribution in [0, 0.1) is 11.8 Å². The lowest BCUT2D eigenvalue weighted by molar-refractivity contribution is -0.123. The molecule has 0 radical (unpaired) electrons. The Hall–Kier alpha value is -1.11. The van der Waals surface area contributed by atoms with Crippen molar-refractivity contribution in [2.24, 2.45) is 11.8 Å². The predicted molar refractivity (Wildman–Crippen MR) is 68.9 cm³/mol. The molecular weight excluding hydrogens is 208 g/mol. The second-order valence-electron chi connectivity index (χ2n) is 5.69. The fourth-order valence-electron chi connectivity index (χ4n) is 3.45. The highest BCUT2D eigenvalue weighted by Gasteiger charge is 2.29. The quantitative estimate of drug-likeness (QED) is 0.773. The number of fused-ring (bicyclic) bond motifs is 1. The number of carbonyl (C=O) groups is 1. The van der Waals surface area contributed by atoms with Crippen LogP contribution in [0.1, 0.15) is 43.2 Å². The first kappa shape index (κ1) is 11.0. The standard InChI is InChI=1S/C16H20O/c17-16(9-12-5-1-2-6-12)15-10-13-7-3-4-8-14(13)11-15/h3-4,7-8,12,15H,1-2,5-6,9-11H2. The van der Waals surface area contributed by atoms with Crippen molar-refractivity contribution in [2.45, 2.75) is 44.9 Å². The first-order valence-corrected chi connectivity index (χ1v) is 6.92. The van der Waals surface area contributed by atoms with Crippen molar-refractivity contribution >= 4 is 5.78 Å². The minimum absolute atomic E-state index is 0.285. The van der Waals surface area contributed by atoms with Crippen LogP contribution < -0.4 is 0 Å². The van der Waals surface area contributed by atoms with Gasteiger partial charge in [0.15, 0.2) is 0 Å². The molecule has 2 aliphatic rings. The monoisotopic (exact) mass is 228 g/mol. The van der Waals surface area contributed by atoms with Gasteiger partial charge >= 0.3 is 0 Å². The maximum Gasteiger partial charge on any atom is 0.136 e. The second kappa shape index (κ2) is 4.64. The van der Waals surface area contributed by atoms with E-state index < -0.39 is 0 Å². The molecule has 0 saturated heterocycles. The third-order valence-corrected chi connectivity index (χ3v) is 4.47. The summed E-state index contributed by atoms with van der Waals surface area (Å²) >= 11 is 0. The van der Waals surface area contributed by atoms with Gasteiger partial charge in [0, 0.05) is 12.3 Å². The molecule has 0 amide bonds. The van der Waals surface area contributed by atoms with Crippen molar-refractivity contribution in [1.29, 1.82) is 0 Å². The molecule has 17 heavy (non-hydrogen) atoms. The molecule has 1 aromatic carbocycles. The first-order valence-electron chi connectivity index (χ1n) is 6.92. The van der Waals surface area contributed by atoms with E-state index in [4.69, 9.17) is 0 Å². The molecule has 1 fully saturated rings. The zero-order valence-electron chi connectivity index (χ0n) is 10.3. The summed E-state index contributed by atoms with van der Waals surface area (Å²) in [5, 5.41) is 0. The number of rotatable bonds is 3. The Morgan fingerprint density at radius 3 is 2.24 bits per heavy atom. The van der Waals surface area contributed by atoms with E-state index in [9.17, 15) is 4.79 Å². The molecule has 0 aromatic heterocycles. The third-order valence-electron chi connectivity index (χ3n) is 4.47. The van der Waals surface area contributed by atoms with Gasteiger partial charge in [0.25, 0.3) is 0 Å². The highest BCUT2D eigenvalue weighted by atomic mass is 16.1. The SMILES string of the molecule is O=C(CC1CCCC1)C1Cc2ccccc2C1. The Bertz CT molecular complexity index is 390. The van der Waals surface area contributed by atoms with Gasteiger partial charge in [-0.3, -0.25) is 4.79 Å². The molecule has 1 saturated carbocycles. The summed E-state index contributed by atoms with van der Waals surface area (Å²) in [6.07, 6.45) is 8.06. The van der Waals surface area contributed by atoms with E-state index in [2.05, 4.69) is 24.3 Å². The van der Waals surface area contributed by atoms with Crippen LogP contribution in [0.4, 0.5) is 0 Å². The third kappa shape index (κ3) is 2.29. The normalized spacial score (nSPS) is 20.7. The van der Waals surface area contributed by atoms with Gasteiger partial charge in [-0.15, -0.1) is 0 Å². The zero-order valence-corrected chi connectivity index (χ0v) is 10.3. The molecule has 1 heteroatoms. The van der Waals surface area contributed by atoms with E-state index in [-0.39, 0.29) is 5.92 Å². The number of hydrogen-bond donors (Lipinski definition) is 0. The van der Waals surface area contributed by atoms with Gasteiger partial charge in [-0.1, -0.05) is 49.9 Å². The molecule has 0 heterocycles. The topological polar surface area (TPSA) is 17.1 Å². The van der Waals surface area contributed by atoms with E-state index >= 15 is 0 Å². The van der Waals surface area contributed by atoms with E-state index in [1.807, 2.05) is 0 Å². The van der Waals surface area contributed by atoms with Crippen LogP contribution in [-0.4, -0.2) is 5.78 Å². The van der Waals surface area contributed by atoms with Crippen molar-refractivity contribution in [1.82, 2.24) is 0 Å². The maximum absolute atomic E-state index is 12.3. The minimum Gasteiger partial charge on any atom is -0.299 e. The van der Waals surface area contributed by atoms with E-state index in [1.165, 1.54) is 36.8 Å². The van der Waals surface area contributed by atoms with Crippen LogP contribution in [0.2, 0.25) is 0 Å². The Morgan fingerprint density at radius 1 is 1.06 bits per heavy atom. The smallest absolute Gasteiger partial charge is 0.136 e. The van der Waals surface area contributed by atoms with E-state index in [0.29, 0.717) is 11.7 Å². The van der Waals surface area contributed by atoms with Gasteiger partial charge in [0.05, 0.1) is 0 Å². The molecule has 1 nitrogen and oxygen atoms in total. The molecule has 0 N–H and O–H groups in total. The lowest BCUT2D eigenvalue weighted by Crippen LogP contribution is -2.17.